The van der Waals surface area contributed by atoms with Crippen LogP contribution in [0.3, 0.4) is 0 Å². The molecule has 36 heavy (non-hydrogen) atoms. The summed E-state index contributed by atoms with van der Waals surface area (Å²) in [5.74, 6) is -2.08. The lowest BCUT2D eigenvalue weighted by atomic mass is 9.95. The molecule has 4 rings (SSSR count). The molecule has 1 N–H and O–H groups in total. The lowest BCUT2D eigenvalue weighted by Crippen LogP contribution is -2.29. The largest absolute Gasteiger partial charge is 0.507 e. The van der Waals surface area contributed by atoms with Gasteiger partial charge in [0.15, 0.2) is 5.13 Å². The molecular formula is C27H24N2O6S. The van der Waals surface area contributed by atoms with Crippen molar-refractivity contribution in [3.8, 4) is 5.75 Å². The van der Waals surface area contributed by atoms with Gasteiger partial charge in [-0.15, -0.1) is 0 Å². The van der Waals surface area contributed by atoms with E-state index in [1.807, 2.05) is 6.92 Å². The highest BCUT2D eigenvalue weighted by atomic mass is 32.1. The number of Topliss-reactive ketones (excluding diaryl/α,β-unsaturated/α-hetero) is 1. The smallest absolute Gasteiger partial charge is 0.350 e. The van der Waals surface area contributed by atoms with Crippen LogP contribution in [0.5, 0.6) is 5.75 Å². The van der Waals surface area contributed by atoms with E-state index in [-0.39, 0.29) is 27.9 Å². The molecular weight excluding hydrogens is 480 g/mol. The average molecular weight is 505 g/mol. The number of carbonyl (C=O) groups excluding carboxylic acids is 3. The van der Waals surface area contributed by atoms with Crippen molar-refractivity contribution in [1.29, 1.82) is 0 Å². The quantitative estimate of drug-likeness (QED) is 0.154. The molecule has 1 aliphatic heterocycles. The van der Waals surface area contributed by atoms with Crippen LogP contribution < -0.4 is 9.64 Å². The number of aromatic nitrogens is 1. The number of aliphatic hydroxyl groups excluding tert-OH is 1. The van der Waals surface area contributed by atoms with Crippen molar-refractivity contribution in [2.45, 2.75) is 19.9 Å². The van der Waals surface area contributed by atoms with E-state index in [2.05, 4.69) is 11.6 Å². The van der Waals surface area contributed by atoms with Crippen molar-refractivity contribution in [2.24, 2.45) is 0 Å². The molecule has 1 amide bonds. The summed E-state index contributed by atoms with van der Waals surface area (Å²) >= 11 is 0.941. The lowest BCUT2D eigenvalue weighted by molar-refractivity contribution is -0.132. The summed E-state index contributed by atoms with van der Waals surface area (Å²) in [7, 11) is 0. The Morgan fingerprint density at radius 3 is 2.64 bits per heavy atom. The molecule has 1 atom stereocenters. The van der Waals surface area contributed by atoms with Gasteiger partial charge >= 0.3 is 11.9 Å². The van der Waals surface area contributed by atoms with E-state index in [9.17, 15) is 19.5 Å². The third-order valence-corrected chi connectivity index (χ3v) is 6.62. The number of nitrogens with zero attached hydrogens (tertiary/aromatic N) is 2. The fraction of sp³-hybridized carbons (Fsp3) is 0.185. The SMILES string of the molecule is C=CCOC(=O)c1sc(N2C(=O)C(=O)/C(=C(/O)c3ccccc3)C2c2cccc(OCC)c2)nc1C. The molecule has 9 heteroatoms. The molecule has 0 radical (unpaired) electrons. The summed E-state index contributed by atoms with van der Waals surface area (Å²) in [6.07, 6.45) is 1.45. The van der Waals surface area contributed by atoms with Gasteiger partial charge in [-0.25, -0.2) is 9.78 Å². The summed E-state index contributed by atoms with van der Waals surface area (Å²) in [4.78, 5) is 45.0. The highest BCUT2D eigenvalue weighted by Gasteiger charge is 2.48. The second kappa shape index (κ2) is 10.6. The normalized spacial score (nSPS) is 16.7. The van der Waals surface area contributed by atoms with E-state index in [0.29, 0.717) is 29.2 Å². The van der Waals surface area contributed by atoms with E-state index < -0.39 is 23.7 Å². The first kappa shape index (κ1) is 24.9. The second-order valence-electron chi connectivity index (χ2n) is 7.84. The fourth-order valence-electron chi connectivity index (χ4n) is 3.91. The van der Waals surface area contributed by atoms with Gasteiger partial charge in [0, 0.05) is 5.56 Å². The predicted molar refractivity (Wildman–Crippen MR) is 136 cm³/mol. The first-order valence-corrected chi connectivity index (χ1v) is 12.0. The standard InChI is InChI=1S/C27H24N2O6S/c1-4-14-35-26(33)24-16(3)28-27(36-24)29-21(18-12-9-13-19(15-18)34-5-2)20(23(31)25(29)32)22(30)17-10-7-6-8-11-17/h4,6-13,15,21,30H,1,5,14H2,2-3H3/b22-20+. The third-order valence-electron chi connectivity index (χ3n) is 5.49. The maximum absolute atomic E-state index is 13.3. The topological polar surface area (TPSA) is 106 Å². The summed E-state index contributed by atoms with van der Waals surface area (Å²) in [5.41, 5.74) is 1.21. The van der Waals surface area contributed by atoms with E-state index in [4.69, 9.17) is 9.47 Å². The van der Waals surface area contributed by atoms with E-state index in [1.54, 1.807) is 61.5 Å². The number of benzene rings is 2. The second-order valence-corrected chi connectivity index (χ2v) is 8.82. The van der Waals surface area contributed by atoms with Crippen molar-refractivity contribution < 1.29 is 29.0 Å². The molecule has 2 heterocycles. The molecule has 0 aliphatic carbocycles. The minimum absolute atomic E-state index is 0.0251. The number of anilines is 1. The number of amides is 1. The van der Waals surface area contributed by atoms with Gasteiger partial charge in [0.25, 0.3) is 5.78 Å². The highest BCUT2D eigenvalue weighted by molar-refractivity contribution is 7.17. The van der Waals surface area contributed by atoms with Crippen LogP contribution in [0.2, 0.25) is 0 Å². The van der Waals surface area contributed by atoms with Gasteiger partial charge in [0.05, 0.1) is 23.9 Å². The van der Waals surface area contributed by atoms with Crippen molar-refractivity contribution in [3.05, 3.63) is 94.5 Å². The van der Waals surface area contributed by atoms with Crippen molar-refractivity contribution in [2.75, 3.05) is 18.1 Å². The van der Waals surface area contributed by atoms with Gasteiger partial charge < -0.3 is 14.6 Å². The average Bonchev–Trinajstić information content (AvgIpc) is 3.39. The number of rotatable bonds is 8. The Labute approximate surface area is 212 Å². The Morgan fingerprint density at radius 2 is 1.94 bits per heavy atom. The van der Waals surface area contributed by atoms with E-state index in [0.717, 1.165) is 11.3 Å². The van der Waals surface area contributed by atoms with Crippen LogP contribution in [0.15, 0.2) is 72.8 Å². The number of hydrogen-bond donors (Lipinski definition) is 1. The third kappa shape index (κ3) is 4.65. The molecule has 1 aliphatic rings. The van der Waals surface area contributed by atoms with E-state index in [1.165, 1.54) is 11.0 Å². The van der Waals surface area contributed by atoms with Gasteiger partial charge in [-0.2, -0.15) is 0 Å². The Morgan fingerprint density at radius 1 is 1.19 bits per heavy atom. The fourth-order valence-corrected chi connectivity index (χ4v) is 4.90. The number of aryl methyl sites for hydroxylation is 1. The Balaban J connectivity index is 1.89. The van der Waals surface area contributed by atoms with Crippen molar-refractivity contribution in [1.82, 2.24) is 4.98 Å². The van der Waals surface area contributed by atoms with Gasteiger partial charge in [-0.05, 0) is 31.5 Å². The van der Waals surface area contributed by atoms with Crippen LogP contribution in [-0.4, -0.2) is 41.0 Å². The van der Waals surface area contributed by atoms with Crippen molar-refractivity contribution in [3.63, 3.8) is 0 Å². The zero-order valence-corrected chi connectivity index (χ0v) is 20.6. The van der Waals surface area contributed by atoms with Gasteiger partial charge in [0.2, 0.25) is 0 Å². The first-order chi connectivity index (χ1) is 17.4. The number of thiazole rings is 1. The molecule has 2 aromatic carbocycles. The Bertz CT molecular complexity index is 1360. The number of carbonyl (C=O) groups is 3. The monoisotopic (exact) mass is 504 g/mol. The summed E-state index contributed by atoms with van der Waals surface area (Å²) in [5, 5.41) is 11.3. The molecule has 1 aromatic heterocycles. The summed E-state index contributed by atoms with van der Waals surface area (Å²) < 4.78 is 10.8. The Kier molecular flexibility index (Phi) is 7.30. The van der Waals surface area contributed by atoms with Crippen LogP contribution >= 0.6 is 11.3 Å². The zero-order valence-electron chi connectivity index (χ0n) is 19.8. The highest BCUT2D eigenvalue weighted by Crippen LogP contribution is 2.44. The lowest BCUT2D eigenvalue weighted by Gasteiger charge is -2.23. The number of hydrogen-bond acceptors (Lipinski definition) is 8. The van der Waals surface area contributed by atoms with Gasteiger partial charge in [0.1, 0.15) is 23.0 Å². The molecule has 1 saturated heterocycles. The van der Waals surface area contributed by atoms with Gasteiger partial charge in [-0.1, -0.05) is 66.5 Å². The van der Waals surface area contributed by atoms with Crippen LogP contribution in [0.4, 0.5) is 5.13 Å². The summed E-state index contributed by atoms with van der Waals surface area (Å²) in [6, 6.07) is 14.5. The zero-order chi connectivity index (χ0) is 25.8. The van der Waals surface area contributed by atoms with Crippen molar-refractivity contribution >= 4 is 39.9 Å². The molecule has 3 aromatic rings. The molecule has 8 nitrogen and oxygen atoms in total. The number of ether oxygens (including phenoxy) is 2. The molecule has 0 spiro atoms. The number of ketones is 1. The van der Waals surface area contributed by atoms with Gasteiger partial charge in [-0.3, -0.25) is 14.5 Å². The van der Waals surface area contributed by atoms with Crippen LogP contribution in [0, 0.1) is 6.92 Å². The van der Waals surface area contributed by atoms with E-state index >= 15 is 0 Å². The minimum Gasteiger partial charge on any atom is -0.507 e. The first-order valence-electron chi connectivity index (χ1n) is 11.2. The molecule has 0 bridgehead atoms. The van der Waals surface area contributed by atoms with Crippen LogP contribution in [0.1, 0.15) is 39.5 Å². The number of esters is 1. The minimum atomic E-state index is -0.992. The van der Waals surface area contributed by atoms with Crippen LogP contribution in [0.25, 0.3) is 5.76 Å². The molecule has 0 saturated carbocycles. The predicted octanol–water partition coefficient (Wildman–Crippen LogP) is 4.82. The molecule has 1 fully saturated rings. The maximum Gasteiger partial charge on any atom is 0.350 e. The Hall–Kier alpha value is -4.24. The maximum atomic E-state index is 13.3. The molecule has 184 valence electrons. The van der Waals surface area contributed by atoms with Crippen LogP contribution in [-0.2, 0) is 14.3 Å². The molecule has 1 unspecified atom stereocenters. The number of aliphatic hydroxyl groups is 1. The summed E-state index contributed by atoms with van der Waals surface area (Å²) in [6.45, 7) is 7.45.